The molecule has 0 aliphatic rings. The summed E-state index contributed by atoms with van der Waals surface area (Å²) in [6.07, 6.45) is 0.834. The standard InChI is InChI=1S/C24H32N2O3/c1-6-19(4)25-24(28)20(5)26(15-21-12-10-17(2)11-13-21)23(27)16-29-22-9-7-8-18(3)14-22/h7-14,19-20H,6,15-16H2,1-5H3,(H,25,28)/t19-,20+/m0/s1. The van der Waals surface area contributed by atoms with Crippen LogP contribution in [0, 0.1) is 13.8 Å². The van der Waals surface area contributed by atoms with E-state index in [2.05, 4.69) is 5.32 Å². The number of hydrogen-bond acceptors (Lipinski definition) is 3. The molecule has 0 heterocycles. The van der Waals surface area contributed by atoms with Crippen LogP contribution in [0.25, 0.3) is 0 Å². The largest absolute Gasteiger partial charge is 0.484 e. The van der Waals surface area contributed by atoms with Gasteiger partial charge in [0.25, 0.3) is 5.91 Å². The molecule has 0 bridgehead atoms. The van der Waals surface area contributed by atoms with Crippen molar-refractivity contribution in [3.8, 4) is 5.75 Å². The molecule has 2 atom stereocenters. The fourth-order valence-electron chi connectivity index (χ4n) is 2.87. The summed E-state index contributed by atoms with van der Waals surface area (Å²) in [5.74, 6) is 0.264. The van der Waals surface area contributed by atoms with E-state index in [4.69, 9.17) is 4.74 Å². The van der Waals surface area contributed by atoms with Crippen LogP contribution in [0.1, 0.15) is 43.9 Å². The highest BCUT2D eigenvalue weighted by Gasteiger charge is 2.27. The van der Waals surface area contributed by atoms with Crippen LogP contribution in [0.15, 0.2) is 48.5 Å². The van der Waals surface area contributed by atoms with Gasteiger partial charge in [-0.1, -0.05) is 48.9 Å². The van der Waals surface area contributed by atoms with E-state index in [0.29, 0.717) is 12.3 Å². The lowest BCUT2D eigenvalue weighted by Crippen LogP contribution is -2.50. The zero-order chi connectivity index (χ0) is 21.4. The van der Waals surface area contributed by atoms with Crippen LogP contribution in [-0.2, 0) is 16.1 Å². The van der Waals surface area contributed by atoms with E-state index in [9.17, 15) is 9.59 Å². The first-order valence-corrected chi connectivity index (χ1v) is 10.1. The van der Waals surface area contributed by atoms with E-state index in [1.807, 2.05) is 76.2 Å². The third-order valence-corrected chi connectivity index (χ3v) is 4.99. The zero-order valence-corrected chi connectivity index (χ0v) is 18.1. The normalized spacial score (nSPS) is 12.7. The molecule has 29 heavy (non-hydrogen) atoms. The molecule has 0 fully saturated rings. The van der Waals surface area contributed by atoms with Gasteiger partial charge in [0.05, 0.1) is 0 Å². The van der Waals surface area contributed by atoms with Crippen molar-refractivity contribution in [2.45, 2.75) is 59.7 Å². The van der Waals surface area contributed by atoms with Gasteiger partial charge in [0.15, 0.2) is 6.61 Å². The summed E-state index contributed by atoms with van der Waals surface area (Å²) < 4.78 is 5.70. The summed E-state index contributed by atoms with van der Waals surface area (Å²) in [4.78, 5) is 27.3. The summed E-state index contributed by atoms with van der Waals surface area (Å²) >= 11 is 0. The molecule has 0 aliphatic carbocycles. The third-order valence-electron chi connectivity index (χ3n) is 4.99. The van der Waals surface area contributed by atoms with Gasteiger partial charge in [-0.3, -0.25) is 9.59 Å². The predicted molar refractivity (Wildman–Crippen MR) is 116 cm³/mol. The van der Waals surface area contributed by atoms with Crippen molar-refractivity contribution >= 4 is 11.8 Å². The molecule has 1 N–H and O–H groups in total. The molecule has 2 rings (SSSR count). The molecule has 156 valence electrons. The van der Waals surface area contributed by atoms with Gasteiger partial charge in [0.2, 0.25) is 5.91 Å². The fraction of sp³-hybridized carbons (Fsp3) is 0.417. The van der Waals surface area contributed by atoms with E-state index >= 15 is 0 Å². The average molecular weight is 397 g/mol. The maximum absolute atomic E-state index is 13.0. The Morgan fingerprint density at radius 1 is 1.03 bits per heavy atom. The molecule has 0 saturated heterocycles. The van der Waals surface area contributed by atoms with Crippen LogP contribution < -0.4 is 10.1 Å². The first kappa shape index (κ1) is 22.5. The van der Waals surface area contributed by atoms with Crippen LogP contribution in [-0.4, -0.2) is 35.4 Å². The molecular weight excluding hydrogens is 364 g/mol. The van der Waals surface area contributed by atoms with Gasteiger partial charge >= 0.3 is 0 Å². The number of nitrogens with one attached hydrogen (secondary N) is 1. The SMILES string of the molecule is CC[C@H](C)NC(=O)[C@@H](C)N(Cc1ccc(C)cc1)C(=O)COc1cccc(C)c1. The molecular formula is C24H32N2O3. The Bertz CT molecular complexity index is 817. The highest BCUT2D eigenvalue weighted by Crippen LogP contribution is 2.15. The van der Waals surface area contributed by atoms with E-state index in [1.165, 1.54) is 0 Å². The minimum atomic E-state index is -0.598. The summed E-state index contributed by atoms with van der Waals surface area (Å²) in [6, 6.07) is 15.0. The molecule has 5 heteroatoms. The Balaban J connectivity index is 2.14. The molecule has 0 spiro atoms. The average Bonchev–Trinajstić information content (AvgIpc) is 2.71. The van der Waals surface area contributed by atoms with Gasteiger partial charge in [0, 0.05) is 12.6 Å². The van der Waals surface area contributed by atoms with Crippen LogP contribution >= 0.6 is 0 Å². The van der Waals surface area contributed by atoms with Crippen LogP contribution in [0.4, 0.5) is 0 Å². The van der Waals surface area contributed by atoms with Gasteiger partial charge in [-0.2, -0.15) is 0 Å². The fourth-order valence-corrected chi connectivity index (χ4v) is 2.87. The van der Waals surface area contributed by atoms with Crippen molar-refractivity contribution < 1.29 is 14.3 Å². The lowest BCUT2D eigenvalue weighted by atomic mass is 10.1. The number of aryl methyl sites for hydroxylation is 2. The lowest BCUT2D eigenvalue weighted by Gasteiger charge is -2.29. The van der Waals surface area contributed by atoms with Crippen molar-refractivity contribution in [3.05, 3.63) is 65.2 Å². The number of hydrogen-bond donors (Lipinski definition) is 1. The van der Waals surface area contributed by atoms with Crippen molar-refractivity contribution in [1.29, 1.82) is 0 Å². The molecule has 2 amide bonds. The van der Waals surface area contributed by atoms with Gasteiger partial charge in [0.1, 0.15) is 11.8 Å². The van der Waals surface area contributed by atoms with E-state index < -0.39 is 6.04 Å². The highest BCUT2D eigenvalue weighted by atomic mass is 16.5. The number of carbonyl (C=O) groups is 2. The number of carbonyl (C=O) groups excluding carboxylic acids is 2. The Morgan fingerprint density at radius 2 is 1.72 bits per heavy atom. The maximum atomic E-state index is 13.0. The minimum Gasteiger partial charge on any atom is -0.484 e. The minimum absolute atomic E-state index is 0.0600. The second kappa shape index (κ2) is 10.6. The number of nitrogens with zero attached hydrogens (tertiary/aromatic N) is 1. The van der Waals surface area contributed by atoms with Crippen molar-refractivity contribution in [3.63, 3.8) is 0 Å². The smallest absolute Gasteiger partial charge is 0.261 e. The quantitative estimate of drug-likeness (QED) is 0.697. The Labute approximate surface area is 174 Å². The zero-order valence-electron chi connectivity index (χ0n) is 18.1. The van der Waals surface area contributed by atoms with Gasteiger partial charge in [-0.25, -0.2) is 0 Å². The van der Waals surface area contributed by atoms with E-state index in [-0.39, 0.29) is 24.5 Å². The third kappa shape index (κ3) is 6.93. The molecule has 0 radical (unpaired) electrons. The maximum Gasteiger partial charge on any atom is 0.261 e. The number of amides is 2. The van der Waals surface area contributed by atoms with Crippen molar-refractivity contribution in [2.75, 3.05) is 6.61 Å². The Morgan fingerprint density at radius 3 is 2.34 bits per heavy atom. The number of ether oxygens (including phenoxy) is 1. The van der Waals surface area contributed by atoms with Gasteiger partial charge in [-0.15, -0.1) is 0 Å². The van der Waals surface area contributed by atoms with Crippen LogP contribution in [0.2, 0.25) is 0 Å². The van der Waals surface area contributed by atoms with Crippen molar-refractivity contribution in [2.24, 2.45) is 0 Å². The second-order valence-electron chi connectivity index (χ2n) is 7.61. The van der Waals surface area contributed by atoms with E-state index in [1.54, 1.807) is 11.8 Å². The van der Waals surface area contributed by atoms with Crippen LogP contribution in [0.5, 0.6) is 5.75 Å². The number of benzene rings is 2. The molecule has 5 nitrogen and oxygen atoms in total. The highest BCUT2D eigenvalue weighted by molar-refractivity contribution is 5.88. The molecule has 0 unspecified atom stereocenters. The second-order valence-corrected chi connectivity index (χ2v) is 7.61. The Kier molecular flexibility index (Phi) is 8.25. The van der Waals surface area contributed by atoms with E-state index in [0.717, 1.165) is 23.1 Å². The first-order valence-electron chi connectivity index (χ1n) is 10.1. The van der Waals surface area contributed by atoms with Crippen molar-refractivity contribution in [1.82, 2.24) is 10.2 Å². The Hall–Kier alpha value is -2.82. The summed E-state index contributed by atoms with van der Waals surface area (Å²) in [6.45, 7) is 9.96. The summed E-state index contributed by atoms with van der Waals surface area (Å²) in [7, 11) is 0. The van der Waals surface area contributed by atoms with Gasteiger partial charge < -0.3 is 15.0 Å². The predicted octanol–water partition coefficient (Wildman–Crippen LogP) is 4.01. The molecule has 2 aromatic carbocycles. The molecule has 2 aromatic rings. The topological polar surface area (TPSA) is 58.6 Å². The summed E-state index contributed by atoms with van der Waals surface area (Å²) in [5, 5.41) is 2.97. The van der Waals surface area contributed by atoms with Gasteiger partial charge in [-0.05, 0) is 57.4 Å². The first-order chi connectivity index (χ1) is 13.8. The molecule has 0 saturated carbocycles. The lowest BCUT2D eigenvalue weighted by molar-refractivity contribution is -0.142. The summed E-state index contributed by atoms with van der Waals surface area (Å²) in [5.41, 5.74) is 3.19. The van der Waals surface area contributed by atoms with Crippen LogP contribution in [0.3, 0.4) is 0 Å². The number of rotatable bonds is 9. The monoisotopic (exact) mass is 396 g/mol. The molecule has 0 aromatic heterocycles. The molecule has 0 aliphatic heterocycles.